The zero-order valence-electron chi connectivity index (χ0n) is 12.6. The first-order chi connectivity index (χ1) is 9.43. The molecule has 0 bridgehead atoms. The van der Waals surface area contributed by atoms with E-state index >= 15 is 0 Å². The van der Waals surface area contributed by atoms with Crippen LogP contribution in [0.3, 0.4) is 0 Å². The van der Waals surface area contributed by atoms with Crippen LogP contribution in [0.4, 0.5) is 0 Å². The number of rotatable bonds is 12. The van der Waals surface area contributed by atoms with Crippen LogP contribution in [0.5, 0.6) is 0 Å². The summed E-state index contributed by atoms with van der Waals surface area (Å²) < 4.78 is 3.16. The van der Waals surface area contributed by atoms with E-state index < -0.39 is 0 Å². The molecule has 0 spiro atoms. The van der Waals surface area contributed by atoms with Gasteiger partial charge in [-0.25, -0.2) is 0 Å². The molecule has 1 rings (SSSR count). The summed E-state index contributed by atoms with van der Waals surface area (Å²) in [6, 6.07) is 11.1. The summed E-state index contributed by atoms with van der Waals surface area (Å²) in [7, 11) is 0. The zero-order valence-corrected chi connectivity index (χ0v) is 15.2. The van der Waals surface area contributed by atoms with Crippen LogP contribution in [-0.2, 0) is 0 Å². The Kier molecular flexibility index (Phi) is 11.7. The average Bonchev–Trinajstić information content (AvgIpc) is 2.46. The van der Waals surface area contributed by atoms with Crippen LogP contribution in [0.25, 0.3) is 0 Å². The standard InChI is InChI=1S/C12H25.C6H5.Sb/c1-3-5-7-9-11-12-10-8-6-4-2;1-2-4-6-5-3-1;/h1,3-12H2,2H3;1-5H;. The van der Waals surface area contributed by atoms with Crippen molar-refractivity contribution in [1.82, 2.24) is 0 Å². The summed E-state index contributed by atoms with van der Waals surface area (Å²) >= 11 is -0.0631. The molecule has 0 aliphatic carbocycles. The van der Waals surface area contributed by atoms with Gasteiger partial charge in [-0.1, -0.05) is 0 Å². The van der Waals surface area contributed by atoms with E-state index in [0.29, 0.717) is 0 Å². The van der Waals surface area contributed by atoms with Gasteiger partial charge in [0.15, 0.2) is 0 Å². The molecule has 0 aromatic heterocycles. The van der Waals surface area contributed by atoms with Crippen molar-refractivity contribution >= 4 is 25.1 Å². The van der Waals surface area contributed by atoms with Crippen molar-refractivity contribution in [2.45, 2.75) is 75.5 Å². The van der Waals surface area contributed by atoms with E-state index in [2.05, 4.69) is 37.3 Å². The number of unbranched alkanes of at least 4 members (excludes halogenated alkanes) is 9. The first-order valence-corrected chi connectivity index (χ1v) is 11.2. The molecule has 19 heavy (non-hydrogen) atoms. The van der Waals surface area contributed by atoms with Gasteiger partial charge in [0.25, 0.3) is 0 Å². The van der Waals surface area contributed by atoms with E-state index in [1.54, 1.807) is 3.51 Å². The van der Waals surface area contributed by atoms with Crippen molar-refractivity contribution in [2.75, 3.05) is 0 Å². The van der Waals surface area contributed by atoms with Gasteiger partial charge in [0.05, 0.1) is 0 Å². The fourth-order valence-electron chi connectivity index (χ4n) is 2.34. The summed E-state index contributed by atoms with van der Waals surface area (Å²) in [5, 5.41) is 0. The van der Waals surface area contributed by atoms with Gasteiger partial charge in [0.1, 0.15) is 0 Å². The Labute approximate surface area is 130 Å². The van der Waals surface area contributed by atoms with Crippen molar-refractivity contribution in [3.8, 4) is 0 Å². The third-order valence-corrected chi connectivity index (χ3v) is 7.00. The molecule has 0 nitrogen and oxygen atoms in total. The van der Waals surface area contributed by atoms with Gasteiger partial charge in [-0.05, 0) is 0 Å². The van der Waals surface area contributed by atoms with E-state index in [1.165, 1.54) is 68.6 Å². The van der Waals surface area contributed by atoms with Crippen molar-refractivity contribution < 1.29 is 0 Å². The van der Waals surface area contributed by atoms with Crippen molar-refractivity contribution in [2.24, 2.45) is 0 Å². The van der Waals surface area contributed by atoms with Crippen LogP contribution in [0.1, 0.15) is 71.1 Å². The number of benzene rings is 1. The Morgan fingerprint density at radius 2 is 1.21 bits per heavy atom. The quantitative estimate of drug-likeness (QED) is 0.344. The molecule has 107 valence electrons. The van der Waals surface area contributed by atoms with E-state index in [9.17, 15) is 0 Å². The first kappa shape index (κ1) is 17.1. The minimum absolute atomic E-state index is 0.0631. The molecule has 0 amide bonds. The predicted octanol–water partition coefficient (Wildman–Crippen LogP) is 5.36. The normalized spacial score (nSPS) is 10.8. The average molecular weight is 368 g/mol. The van der Waals surface area contributed by atoms with E-state index in [4.69, 9.17) is 0 Å². The Morgan fingerprint density at radius 3 is 1.79 bits per heavy atom. The molecule has 0 unspecified atom stereocenters. The summed E-state index contributed by atoms with van der Waals surface area (Å²) in [6.45, 7) is 2.29. The van der Waals surface area contributed by atoms with Crippen molar-refractivity contribution in [3.63, 3.8) is 0 Å². The fourth-order valence-corrected chi connectivity index (χ4v) is 5.26. The second-order valence-corrected chi connectivity index (χ2v) is 9.05. The Bertz CT molecular complexity index is 281. The van der Waals surface area contributed by atoms with Gasteiger partial charge >= 0.3 is 131 Å². The van der Waals surface area contributed by atoms with Crippen LogP contribution in [0, 0.1) is 0 Å². The molecule has 0 N–H and O–H groups in total. The van der Waals surface area contributed by atoms with Crippen LogP contribution < -0.4 is 3.51 Å². The molecule has 1 radical (unpaired) electrons. The summed E-state index contributed by atoms with van der Waals surface area (Å²) in [6.07, 6.45) is 14.6. The molecule has 0 aliphatic rings. The van der Waals surface area contributed by atoms with E-state index in [1.807, 2.05) is 0 Å². The second kappa shape index (κ2) is 13.0. The van der Waals surface area contributed by atoms with Gasteiger partial charge in [-0.3, -0.25) is 0 Å². The summed E-state index contributed by atoms with van der Waals surface area (Å²) in [5.41, 5.74) is 0. The first-order valence-electron chi connectivity index (χ1n) is 8.16. The molecule has 1 heteroatoms. The second-order valence-electron chi connectivity index (χ2n) is 5.40. The zero-order chi connectivity index (χ0) is 13.6. The van der Waals surface area contributed by atoms with E-state index in [0.717, 1.165) is 0 Å². The van der Waals surface area contributed by atoms with Gasteiger partial charge in [-0.2, -0.15) is 0 Å². The third kappa shape index (κ3) is 10.5. The van der Waals surface area contributed by atoms with Crippen LogP contribution in [0.15, 0.2) is 30.3 Å². The molecule has 0 saturated carbocycles. The predicted molar refractivity (Wildman–Crippen MR) is 88.5 cm³/mol. The van der Waals surface area contributed by atoms with Crippen molar-refractivity contribution in [1.29, 1.82) is 0 Å². The number of hydrogen-bond donors (Lipinski definition) is 0. The molecule has 0 atom stereocenters. The SMILES string of the molecule is CCCCCCCCCCC[CH2][Sb][c]1ccccc1. The summed E-state index contributed by atoms with van der Waals surface area (Å²) in [4.78, 5) is 0. The molecule has 1 aromatic rings. The van der Waals surface area contributed by atoms with Crippen LogP contribution in [-0.4, -0.2) is 21.6 Å². The molecular formula is C18H30Sb. The maximum atomic E-state index is 2.31. The van der Waals surface area contributed by atoms with Crippen molar-refractivity contribution in [3.05, 3.63) is 30.3 Å². The van der Waals surface area contributed by atoms with Crippen LogP contribution >= 0.6 is 0 Å². The minimum atomic E-state index is -0.0631. The fraction of sp³-hybridized carbons (Fsp3) is 0.667. The molecule has 0 saturated heterocycles. The monoisotopic (exact) mass is 367 g/mol. The van der Waals surface area contributed by atoms with E-state index in [-0.39, 0.29) is 21.6 Å². The molecule has 0 aliphatic heterocycles. The maximum absolute atomic E-state index is 2.31. The van der Waals surface area contributed by atoms with Crippen LogP contribution in [0.2, 0.25) is 4.37 Å². The topological polar surface area (TPSA) is 0 Å². The molecule has 0 fully saturated rings. The Balaban J connectivity index is 1.79. The molecular weight excluding hydrogens is 338 g/mol. The molecule has 1 aromatic carbocycles. The Hall–Kier alpha value is 0.0382. The molecule has 0 heterocycles. The van der Waals surface area contributed by atoms with Gasteiger partial charge in [0, 0.05) is 0 Å². The van der Waals surface area contributed by atoms with Gasteiger partial charge in [0.2, 0.25) is 0 Å². The third-order valence-electron chi connectivity index (χ3n) is 3.56. The Morgan fingerprint density at radius 1 is 0.684 bits per heavy atom. The van der Waals surface area contributed by atoms with Gasteiger partial charge < -0.3 is 0 Å². The number of hydrogen-bond acceptors (Lipinski definition) is 0. The summed E-state index contributed by atoms with van der Waals surface area (Å²) in [5.74, 6) is 0. The van der Waals surface area contributed by atoms with Gasteiger partial charge in [-0.15, -0.1) is 0 Å².